The highest BCUT2D eigenvalue weighted by Crippen LogP contribution is 2.64. The lowest BCUT2D eigenvalue weighted by Gasteiger charge is -2.44. The first kappa shape index (κ1) is 18.9. The van der Waals surface area contributed by atoms with Crippen LogP contribution in [0.1, 0.15) is 6.42 Å². The standard InChI is InChI=1S/C17H21F2N3O3S/c1-20-11-13(23)8-9-21-16-4-2-3-5-17(16)22(26(21,24)25)15-7-6-12(18)10-14(15)19/h2-7,10,13,20,23-25H,8-9,11H2,1H3/t13-/m0/s1. The highest BCUT2D eigenvalue weighted by molar-refractivity contribution is 8.27. The van der Waals surface area contributed by atoms with E-state index in [0.717, 1.165) is 10.4 Å². The van der Waals surface area contributed by atoms with E-state index < -0.39 is 28.7 Å². The lowest BCUT2D eigenvalue weighted by atomic mass is 10.2. The van der Waals surface area contributed by atoms with Gasteiger partial charge in [-0.05, 0) is 48.7 Å². The number of fused-ring (bicyclic) bond motifs is 1. The summed E-state index contributed by atoms with van der Waals surface area (Å²) in [6.45, 7) is 0.520. The quantitative estimate of drug-likeness (QED) is 0.610. The molecular formula is C17H21F2N3O3S. The number of aliphatic hydroxyl groups excluding tert-OH is 1. The number of nitrogens with one attached hydrogen (secondary N) is 1. The summed E-state index contributed by atoms with van der Waals surface area (Å²) in [5, 5.41) is 12.8. The summed E-state index contributed by atoms with van der Waals surface area (Å²) in [6, 6.07) is 9.70. The third-order valence-electron chi connectivity index (χ3n) is 4.14. The first-order valence-corrected chi connectivity index (χ1v) is 9.55. The second-order valence-electron chi connectivity index (χ2n) is 5.97. The molecule has 0 amide bonds. The summed E-state index contributed by atoms with van der Waals surface area (Å²) >= 11 is 0. The van der Waals surface area contributed by atoms with Gasteiger partial charge in [-0.15, -0.1) is 0 Å². The van der Waals surface area contributed by atoms with Crippen LogP contribution in [0.25, 0.3) is 0 Å². The molecule has 9 heteroatoms. The number of anilines is 3. The molecule has 26 heavy (non-hydrogen) atoms. The van der Waals surface area contributed by atoms with Gasteiger partial charge in [-0.25, -0.2) is 13.1 Å². The van der Waals surface area contributed by atoms with Crippen LogP contribution in [0.5, 0.6) is 0 Å². The zero-order valence-electron chi connectivity index (χ0n) is 14.1. The van der Waals surface area contributed by atoms with Crippen LogP contribution in [0.15, 0.2) is 42.5 Å². The molecule has 0 fully saturated rings. The van der Waals surface area contributed by atoms with Crippen molar-refractivity contribution in [3.8, 4) is 0 Å². The van der Waals surface area contributed by atoms with E-state index in [1.165, 1.54) is 10.4 Å². The van der Waals surface area contributed by atoms with Gasteiger partial charge in [0.05, 0.1) is 17.5 Å². The number of rotatable bonds is 6. The highest BCUT2D eigenvalue weighted by atomic mass is 32.3. The van der Waals surface area contributed by atoms with Crippen molar-refractivity contribution in [3.05, 3.63) is 54.1 Å². The van der Waals surface area contributed by atoms with E-state index in [4.69, 9.17) is 0 Å². The fraction of sp³-hybridized carbons (Fsp3) is 0.294. The average molecular weight is 385 g/mol. The number of benzene rings is 2. The maximum absolute atomic E-state index is 14.3. The van der Waals surface area contributed by atoms with Crippen LogP contribution in [-0.2, 0) is 0 Å². The monoisotopic (exact) mass is 385 g/mol. The Morgan fingerprint density at radius 3 is 2.42 bits per heavy atom. The van der Waals surface area contributed by atoms with E-state index in [1.807, 2.05) is 0 Å². The van der Waals surface area contributed by atoms with E-state index >= 15 is 0 Å². The van der Waals surface area contributed by atoms with Gasteiger partial charge in [0, 0.05) is 19.2 Å². The lowest BCUT2D eigenvalue weighted by molar-refractivity contribution is 0.167. The number of para-hydroxylation sites is 2. The molecule has 0 radical (unpaired) electrons. The molecule has 2 aromatic rings. The number of hydrogen-bond donors (Lipinski definition) is 4. The first-order chi connectivity index (χ1) is 12.4. The summed E-state index contributed by atoms with van der Waals surface area (Å²) in [5.74, 6) is -1.64. The summed E-state index contributed by atoms with van der Waals surface area (Å²) < 4.78 is 51.7. The molecule has 6 nitrogen and oxygen atoms in total. The summed E-state index contributed by atoms with van der Waals surface area (Å²) in [6.07, 6.45) is -0.385. The number of hydrogen-bond acceptors (Lipinski definition) is 6. The molecule has 3 rings (SSSR count). The molecule has 0 unspecified atom stereocenters. The molecule has 4 N–H and O–H groups in total. The molecular weight excluding hydrogens is 364 g/mol. The van der Waals surface area contributed by atoms with Crippen LogP contribution in [0.3, 0.4) is 0 Å². The van der Waals surface area contributed by atoms with Gasteiger partial charge in [-0.2, -0.15) is 0 Å². The SMILES string of the molecule is CNC[C@@H](O)CCN1c2ccccc2N(c2ccc(F)cc2F)S1(O)O. The molecule has 142 valence electrons. The molecule has 1 aliphatic heterocycles. The lowest BCUT2D eigenvalue weighted by Crippen LogP contribution is -2.35. The highest BCUT2D eigenvalue weighted by Gasteiger charge is 2.42. The zero-order chi connectivity index (χ0) is 18.9. The van der Waals surface area contributed by atoms with Crippen molar-refractivity contribution in [1.29, 1.82) is 0 Å². The van der Waals surface area contributed by atoms with Crippen LogP contribution in [0.4, 0.5) is 25.8 Å². The van der Waals surface area contributed by atoms with Gasteiger partial charge in [0.15, 0.2) is 5.82 Å². The van der Waals surface area contributed by atoms with Crippen molar-refractivity contribution < 1.29 is 23.0 Å². The average Bonchev–Trinajstić information content (AvgIpc) is 2.80. The van der Waals surface area contributed by atoms with Crippen molar-refractivity contribution in [2.75, 3.05) is 28.7 Å². The third-order valence-corrected chi connectivity index (χ3v) is 6.00. The molecule has 0 spiro atoms. The Morgan fingerprint density at radius 1 is 1.08 bits per heavy atom. The zero-order valence-corrected chi connectivity index (χ0v) is 15.0. The number of halogens is 2. The largest absolute Gasteiger partial charge is 0.392 e. The van der Waals surface area contributed by atoms with Gasteiger partial charge >= 0.3 is 0 Å². The van der Waals surface area contributed by atoms with Crippen molar-refractivity contribution in [2.45, 2.75) is 12.5 Å². The first-order valence-electron chi connectivity index (χ1n) is 8.09. The topological polar surface area (TPSA) is 79.2 Å². The van der Waals surface area contributed by atoms with Gasteiger partial charge in [-0.1, -0.05) is 12.1 Å². The van der Waals surface area contributed by atoms with Crippen LogP contribution in [0, 0.1) is 11.6 Å². The Balaban J connectivity index is 1.99. The Morgan fingerprint density at radius 2 is 1.77 bits per heavy atom. The van der Waals surface area contributed by atoms with Crippen LogP contribution in [-0.4, -0.2) is 40.5 Å². The van der Waals surface area contributed by atoms with E-state index in [9.17, 15) is 23.0 Å². The summed E-state index contributed by atoms with van der Waals surface area (Å²) in [4.78, 5) is 0. The Kier molecular flexibility index (Phi) is 5.35. The third kappa shape index (κ3) is 3.36. The predicted octanol–water partition coefficient (Wildman–Crippen LogP) is 3.47. The molecule has 2 aromatic carbocycles. The molecule has 0 aromatic heterocycles. The van der Waals surface area contributed by atoms with Gasteiger partial charge in [0.2, 0.25) is 0 Å². The van der Waals surface area contributed by atoms with Gasteiger partial charge in [0.1, 0.15) is 11.5 Å². The van der Waals surface area contributed by atoms with Crippen LogP contribution in [0.2, 0.25) is 0 Å². The normalized spacial score (nSPS) is 17.9. The van der Waals surface area contributed by atoms with Gasteiger partial charge < -0.3 is 10.4 Å². The van der Waals surface area contributed by atoms with Crippen molar-refractivity contribution >= 4 is 28.0 Å². The second-order valence-corrected chi connectivity index (χ2v) is 7.76. The molecule has 1 atom stereocenters. The van der Waals surface area contributed by atoms with Gasteiger partial charge in [-0.3, -0.25) is 13.4 Å². The smallest absolute Gasteiger partial charge is 0.151 e. The Labute approximate surface area is 152 Å². The Bertz CT molecular complexity index is 794. The Hall–Kier alpha value is -1.91. The van der Waals surface area contributed by atoms with E-state index in [-0.39, 0.29) is 18.7 Å². The van der Waals surface area contributed by atoms with E-state index in [1.54, 1.807) is 31.3 Å². The van der Waals surface area contributed by atoms with Crippen molar-refractivity contribution in [1.82, 2.24) is 5.32 Å². The molecule has 1 aliphatic rings. The van der Waals surface area contributed by atoms with Crippen LogP contribution >= 0.6 is 11.0 Å². The molecule has 1 heterocycles. The molecule has 0 aliphatic carbocycles. The second kappa shape index (κ2) is 7.37. The van der Waals surface area contributed by atoms with Crippen molar-refractivity contribution in [3.63, 3.8) is 0 Å². The fourth-order valence-corrected chi connectivity index (χ4v) is 4.76. The van der Waals surface area contributed by atoms with Gasteiger partial charge in [0.25, 0.3) is 0 Å². The number of aliphatic hydroxyl groups is 1. The van der Waals surface area contributed by atoms with Crippen molar-refractivity contribution in [2.24, 2.45) is 0 Å². The summed E-state index contributed by atoms with van der Waals surface area (Å²) in [7, 11) is -1.90. The maximum Gasteiger partial charge on any atom is 0.151 e. The number of likely N-dealkylation sites (N-methyl/N-ethyl adjacent to an activating group) is 1. The number of nitrogens with zero attached hydrogens (tertiary/aromatic N) is 2. The fourth-order valence-electron chi connectivity index (χ4n) is 2.96. The molecule has 0 saturated heterocycles. The minimum absolute atomic E-state index is 0.128. The minimum atomic E-state index is -3.61. The predicted molar refractivity (Wildman–Crippen MR) is 99.7 cm³/mol. The summed E-state index contributed by atoms with van der Waals surface area (Å²) in [5.41, 5.74) is 0.783. The maximum atomic E-state index is 14.3. The minimum Gasteiger partial charge on any atom is -0.392 e. The molecule has 0 bridgehead atoms. The van der Waals surface area contributed by atoms with Crippen LogP contribution < -0.4 is 13.9 Å². The van der Waals surface area contributed by atoms with E-state index in [0.29, 0.717) is 24.0 Å². The van der Waals surface area contributed by atoms with E-state index in [2.05, 4.69) is 5.32 Å². The molecule has 0 saturated carbocycles.